The van der Waals surface area contributed by atoms with Crippen LogP contribution >= 0.6 is 15.9 Å². The molecule has 2 rings (SSSR count). The van der Waals surface area contributed by atoms with E-state index in [1.54, 1.807) is 0 Å². The van der Waals surface area contributed by atoms with Crippen LogP contribution in [0.25, 0.3) is 11.1 Å². The molecule has 0 aliphatic heterocycles. The van der Waals surface area contributed by atoms with Crippen molar-refractivity contribution in [1.29, 1.82) is 0 Å². The summed E-state index contributed by atoms with van der Waals surface area (Å²) in [4.78, 5) is 12.0. The summed E-state index contributed by atoms with van der Waals surface area (Å²) in [6.07, 6.45) is 18.6. The van der Waals surface area contributed by atoms with E-state index in [9.17, 15) is 4.79 Å². The zero-order valence-electron chi connectivity index (χ0n) is 23.5. The van der Waals surface area contributed by atoms with Crippen molar-refractivity contribution in [2.24, 2.45) is 5.92 Å². The van der Waals surface area contributed by atoms with Crippen molar-refractivity contribution >= 4 is 21.9 Å². The fourth-order valence-electron chi connectivity index (χ4n) is 4.38. The van der Waals surface area contributed by atoms with Gasteiger partial charge in [-0.3, -0.25) is 4.79 Å². The predicted octanol–water partition coefficient (Wildman–Crippen LogP) is 10.5. The maximum Gasteiger partial charge on any atom is 0.325 e. The van der Waals surface area contributed by atoms with Crippen LogP contribution in [0.2, 0.25) is 0 Å². The van der Waals surface area contributed by atoms with Crippen LogP contribution in [0, 0.1) is 5.92 Å². The summed E-state index contributed by atoms with van der Waals surface area (Å²) < 4.78 is 11.5. The second-order valence-electron chi connectivity index (χ2n) is 10.3. The Labute approximate surface area is 234 Å². The number of esters is 1. The molecule has 0 amide bonds. The first-order chi connectivity index (χ1) is 18.0. The zero-order valence-corrected chi connectivity index (χ0v) is 25.1. The molecule has 2 unspecified atom stereocenters. The van der Waals surface area contributed by atoms with Crippen LogP contribution in [0.3, 0.4) is 0 Å². The van der Waals surface area contributed by atoms with Crippen molar-refractivity contribution in [3.05, 3.63) is 48.5 Å². The second kappa shape index (κ2) is 19.3. The summed E-state index contributed by atoms with van der Waals surface area (Å²) in [5.41, 5.74) is 2.20. The number of ether oxygens (including phenoxy) is 2. The van der Waals surface area contributed by atoms with Crippen LogP contribution in [0.4, 0.5) is 0 Å². The first-order valence-corrected chi connectivity index (χ1v) is 15.7. The number of alkyl halides is 1. The number of unbranched alkanes of at least 4 members (excludes halogenated alkanes) is 12. The first kappa shape index (κ1) is 31.4. The molecule has 0 radical (unpaired) electrons. The molecule has 2 aromatic rings. The summed E-state index contributed by atoms with van der Waals surface area (Å²) in [6, 6.07) is 15.9. The van der Waals surface area contributed by atoms with Crippen LogP contribution in [-0.2, 0) is 4.79 Å². The van der Waals surface area contributed by atoms with Gasteiger partial charge in [0.05, 0.1) is 6.61 Å². The molecule has 0 saturated heterocycles. The highest BCUT2D eigenvalue weighted by Gasteiger charge is 2.22. The molecule has 0 aliphatic carbocycles. The van der Waals surface area contributed by atoms with Gasteiger partial charge in [0.25, 0.3) is 0 Å². The molecule has 0 spiro atoms. The highest BCUT2D eigenvalue weighted by Crippen LogP contribution is 2.26. The van der Waals surface area contributed by atoms with Crippen LogP contribution < -0.4 is 9.47 Å². The molecular formula is C33H49BrO3. The van der Waals surface area contributed by atoms with Crippen LogP contribution in [0.5, 0.6) is 11.5 Å². The van der Waals surface area contributed by atoms with Gasteiger partial charge in [0, 0.05) is 0 Å². The van der Waals surface area contributed by atoms with E-state index in [1.807, 2.05) is 43.3 Å². The molecule has 0 aliphatic rings. The third-order valence-corrected chi connectivity index (χ3v) is 8.42. The molecule has 0 fully saturated rings. The van der Waals surface area contributed by atoms with Gasteiger partial charge >= 0.3 is 5.97 Å². The van der Waals surface area contributed by atoms with Crippen molar-refractivity contribution in [1.82, 2.24) is 0 Å². The number of carbonyl (C=O) groups is 1. The number of benzene rings is 2. The Hall–Kier alpha value is -1.81. The fraction of sp³-hybridized carbons (Fsp3) is 0.606. The van der Waals surface area contributed by atoms with E-state index in [0.717, 1.165) is 36.3 Å². The van der Waals surface area contributed by atoms with Gasteiger partial charge in [-0.15, -0.1) is 0 Å². The lowest BCUT2D eigenvalue weighted by Gasteiger charge is -2.15. The van der Waals surface area contributed by atoms with Crippen LogP contribution in [0.1, 0.15) is 111 Å². The van der Waals surface area contributed by atoms with E-state index >= 15 is 0 Å². The van der Waals surface area contributed by atoms with Crippen LogP contribution in [-0.4, -0.2) is 17.4 Å². The highest BCUT2D eigenvalue weighted by atomic mass is 79.9. The number of rotatable bonds is 20. The number of carbonyl (C=O) groups excluding carboxylic acids is 1. The normalized spacial score (nSPS) is 12.8. The zero-order chi connectivity index (χ0) is 26.7. The Morgan fingerprint density at radius 2 is 1.11 bits per heavy atom. The maximum atomic E-state index is 12.3. The highest BCUT2D eigenvalue weighted by molar-refractivity contribution is 9.10. The van der Waals surface area contributed by atoms with Crippen molar-refractivity contribution in [3.8, 4) is 22.6 Å². The summed E-state index contributed by atoms with van der Waals surface area (Å²) in [7, 11) is 0. The molecule has 206 valence electrons. The number of halogens is 1. The van der Waals surface area contributed by atoms with Gasteiger partial charge in [-0.05, 0) is 47.7 Å². The van der Waals surface area contributed by atoms with Gasteiger partial charge in [0.1, 0.15) is 16.3 Å². The molecule has 0 heterocycles. The van der Waals surface area contributed by atoms with Gasteiger partial charge < -0.3 is 9.47 Å². The lowest BCUT2D eigenvalue weighted by atomic mass is 10.0. The first-order valence-electron chi connectivity index (χ1n) is 14.7. The lowest BCUT2D eigenvalue weighted by Crippen LogP contribution is -2.26. The van der Waals surface area contributed by atoms with E-state index in [0.29, 0.717) is 5.75 Å². The van der Waals surface area contributed by atoms with Crippen LogP contribution in [0.15, 0.2) is 48.5 Å². The molecule has 0 saturated carbocycles. The molecule has 0 bridgehead atoms. The molecule has 4 heteroatoms. The molecule has 3 nitrogen and oxygen atoms in total. The lowest BCUT2D eigenvalue weighted by molar-refractivity contribution is -0.134. The van der Waals surface area contributed by atoms with Gasteiger partial charge in [-0.1, -0.05) is 144 Å². The average molecular weight is 574 g/mol. The SMILES string of the molecule is CCCCCCCCCCCCCCCOc1ccc(-c2ccc(OC(=O)C(Br)C(C)CC)cc2)cc1. The van der Waals surface area contributed by atoms with E-state index < -0.39 is 0 Å². The Morgan fingerprint density at radius 3 is 1.57 bits per heavy atom. The maximum absolute atomic E-state index is 12.3. The smallest absolute Gasteiger partial charge is 0.325 e. The molecule has 0 aromatic heterocycles. The van der Waals surface area contributed by atoms with E-state index in [1.165, 1.54) is 77.0 Å². The Kier molecular flexibility index (Phi) is 16.4. The van der Waals surface area contributed by atoms with Gasteiger partial charge in [0.2, 0.25) is 0 Å². The van der Waals surface area contributed by atoms with E-state index in [2.05, 4.69) is 41.9 Å². The average Bonchev–Trinajstić information content (AvgIpc) is 2.93. The van der Waals surface area contributed by atoms with Gasteiger partial charge in [-0.25, -0.2) is 0 Å². The molecule has 2 aromatic carbocycles. The quantitative estimate of drug-likeness (QED) is 0.0684. The topological polar surface area (TPSA) is 35.5 Å². The van der Waals surface area contributed by atoms with Crippen molar-refractivity contribution in [2.75, 3.05) is 6.61 Å². The number of hydrogen-bond donors (Lipinski definition) is 0. The van der Waals surface area contributed by atoms with E-state index in [-0.39, 0.29) is 16.7 Å². The predicted molar refractivity (Wildman–Crippen MR) is 161 cm³/mol. The minimum absolute atomic E-state index is 0.233. The monoisotopic (exact) mass is 572 g/mol. The summed E-state index contributed by atoms with van der Waals surface area (Å²) >= 11 is 3.45. The Bertz CT molecular complexity index is 847. The summed E-state index contributed by atoms with van der Waals surface area (Å²) in [5.74, 6) is 1.48. The molecule has 0 N–H and O–H groups in total. The van der Waals surface area contributed by atoms with Crippen molar-refractivity contribution in [2.45, 2.75) is 115 Å². The minimum atomic E-state index is -0.288. The fourth-order valence-corrected chi connectivity index (χ4v) is 4.85. The number of hydrogen-bond acceptors (Lipinski definition) is 3. The minimum Gasteiger partial charge on any atom is -0.494 e. The standard InChI is InChI=1S/C33H49BrO3/c1-4-6-7-8-9-10-11-12-13-14-15-16-17-26-36-30-22-18-28(19-23-30)29-20-24-31(25-21-29)37-33(35)32(34)27(3)5-2/h18-25,27,32H,4-17,26H2,1-3H3. The largest absolute Gasteiger partial charge is 0.494 e. The molecule has 2 atom stereocenters. The Balaban J connectivity index is 1.57. The Morgan fingerprint density at radius 1 is 0.676 bits per heavy atom. The van der Waals surface area contributed by atoms with Gasteiger partial charge in [0.15, 0.2) is 0 Å². The summed E-state index contributed by atoms with van der Waals surface area (Å²) in [6.45, 7) is 7.17. The van der Waals surface area contributed by atoms with Crippen molar-refractivity contribution < 1.29 is 14.3 Å². The third kappa shape index (κ3) is 13.0. The molecule has 37 heavy (non-hydrogen) atoms. The third-order valence-electron chi connectivity index (χ3n) is 7.15. The van der Waals surface area contributed by atoms with E-state index in [4.69, 9.17) is 9.47 Å². The van der Waals surface area contributed by atoms with Gasteiger partial charge in [-0.2, -0.15) is 0 Å². The second-order valence-corrected chi connectivity index (χ2v) is 11.3. The molecular weight excluding hydrogens is 524 g/mol. The van der Waals surface area contributed by atoms with Crippen molar-refractivity contribution in [3.63, 3.8) is 0 Å². The summed E-state index contributed by atoms with van der Waals surface area (Å²) in [5, 5.41) is 0.